The number of ether oxygens (including phenoxy) is 2. The van der Waals surface area contributed by atoms with Crippen molar-refractivity contribution in [1.82, 2.24) is 5.32 Å². The number of benzene rings is 1. The van der Waals surface area contributed by atoms with Gasteiger partial charge in [0.25, 0.3) is 0 Å². The number of carbonyl (C=O) groups is 1. The zero-order chi connectivity index (χ0) is 16.7. The average molecular weight is 317 g/mol. The van der Waals surface area contributed by atoms with E-state index in [2.05, 4.69) is 24.4 Å². The maximum atomic E-state index is 12.1. The van der Waals surface area contributed by atoms with Gasteiger partial charge in [-0.1, -0.05) is 25.1 Å². The van der Waals surface area contributed by atoms with E-state index in [9.17, 15) is 4.79 Å². The van der Waals surface area contributed by atoms with Crippen molar-refractivity contribution < 1.29 is 14.3 Å². The first-order valence-electron chi connectivity index (χ1n) is 8.40. The average Bonchev–Trinajstić information content (AvgIpc) is 3.05. The lowest BCUT2D eigenvalue weighted by Crippen LogP contribution is -2.27. The van der Waals surface area contributed by atoms with Crippen molar-refractivity contribution in [1.29, 1.82) is 0 Å². The van der Waals surface area contributed by atoms with Gasteiger partial charge >= 0.3 is 0 Å². The van der Waals surface area contributed by atoms with Crippen LogP contribution in [0.1, 0.15) is 51.1 Å². The molecule has 0 unspecified atom stereocenters. The lowest BCUT2D eigenvalue weighted by atomic mass is 10.0. The van der Waals surface area contributed by atoms with Gasteiger partial charge in [-0.15, -0.1) is 0 Å². The van der Waals surface area contributed by atoms with Gasteiger partial charge in [-0.05, 0) is 49.8 Å². The summed E-state index contributed by atoms with van der Waals surface area (Å²) in [4.78, 5) is 12.1. The van der Waals surface area contributed by atoms with Crippen LogP contribution in [0.25, 0.3) is 0 Å². The number of rotatable bonds is 8. The molecule has 2 atom stereocenters. The lowest BCUT2D eigenvalue weighted by molar-refractivity contribution is -0.122. The van der Waals surface area contributed by atoms with Crippen LogP contribution in [0.5, 0.6) is 11.5 Å². The predicted molar refractivity (Wildman–Crippen MR) is 91.8 cm³/mol. The van der Waals surface area contributed by atoms with Gasteiger partial charge in [0.15, 0.2) is 11.5 Å². The van der Waals surface area contributed by atoms with Gasteiger partial charge in [0.05, 0.1) is 19.8 Å². The highest BCUT2D eigenvalue weighted by atomic mass is 16.5. The Hall–Kier alpha value is -1.97. The Bertz CT molecular complexity index is 554. The molecule has 2 rings (SSSR count). The second-order valence-electron chi connectivity index (χ2n) is 6.02. The van der Waals surface area contributed by atoms with Crippen LogP contribution >= 0.6 is 0 Å². The van der Waals surface area contributed by atoms with Crippen LogP contribution in [0.15, 0.2) is 30.4 Å². The Labute approximate surface area is 138 Å². The molecule has 0 radical (unpaired) electrons. The summed E-state index contributed by atoms with van der Waals surface area (Å²) in [6.07, 6.45) is 7.99. The summed E-state index contributed by atoms with van der Waals surface area (Å²) < 4.78 is 11.1. The van der Waals surface area contributed by atoms with E-state index in [1.165, 1.54) is 0 Å². The van der Waals surface area contributed by atoms with Crippen LogP contribution in [-0.2, 0) is 4.79 Å². The quantitative estimate of drug-likeness (QED) is 0.737. The van der Waals surface area contributed by atoms with E-state index in [0.717, 1.165) is 30.6 Å². The fourth-order valence-corrected chi connectivity index (χ4v) is 2.77. The number of hydrogen-bond acceptors (Lipinski definition) is 3. The van der Waals surface area contributed by atoms with Gasteiger partial charge in [0, 0.05) is 6.42 Å². The predicted octanol–water partition coefficient (Wildman–Crippen LogP) is 4.02. The summed E-state index contributed by atoms with van der Waals surface area (Å²) in [6.45, 7) is 4.72. The van der Waals surface area contributed by atoms with Crippen molar-refractivity contribution in [2.45, 2.75) is 45.6 Å². The van der Waals surface area contributed by atoms with Gasteiger partial charge < -0.3 is 14.8 Å². The third-order valence-electron chi connectivity index (χ3n) is 4.09. The van der Waals surface area contributed by atoms with Crippen molar-refractivity contribution >= 4 is 5.91 Å². The molecule has 4 heteroatoms. The topological polar surface area (TPSA) is 47.6 Å². The maximum absolute atomic E-state index is 12.1. The van der Waals surface area contributed by atoms with Crippen LogP contribution in [0.2, 0.25) is 0 Å². The summed E-state index contributed by atoms with van der Waals surface area (Å²) in [6, 6.07) is 5.77. The summed E-state index contributed by atoms with van der Waals surface area (Å²) in [5.41, 5.74) is 1.01. The van der Waals surface area contributed by atoms with Crippen LogP contribution in [0.3, 0.4) is 0 Å². The fourth-order valence-electron chi connectivity index (χ4n) is 2.77. The van der Waals surface area contributed by atoms with Crippen LogP contribution in [0.4, 0.5) is 0 Å². The van der Waals surface area contributed by atoms with E-state index in [4.69, 9.17) is 9.47 Å². The number of allylic oxidation sites excluding steroid dienone is 2. The zero-order valence-electron chi connectivity index (χ0n) is 14.3. The minimum Gasteiger partial charge on any atom is -0.493 e. The summed E-state index contributed by atoms with van der Waals surface area (Å²) in [7, 11) is 1.63. The number of hydrogen-bond donors (Lipinski definition) is 1. The highest BCUT2D eigenvalue weighted by Gasteiger charge is 2.17. The monoisotopic (exact) mass is 317 g/mol. The number of amides is 1. The SMILES string of the molecule is CCCOc1ccc([C@@H](C)NC(=O)C[C@H]2C=CCC2)cc1OC. The van der Waals surface area contributed by atoms with Crippen molar-refractivity contribution in [3.8, 4) is 11.5 Å². The third-order valence-corrected chi connectivity index (χ3v) is 4.09. The summed E-state index contributed by atoms with van der Waals surface area (Å²) >= 11 is 0. The smallest absolute Gasteiger partial charge is 0.221 e. The van der Waals surface area contributed by atoms with Gasteiger partial charge in [-0.3, -0.25) is 4.79 Å². The van der Waals surface area contributed by atoms with E-state index in [1.807, 2.05) is 25.1 Å². The molecule has 23 heavy (non-hydrogen) atoms. The molecule has 0 spiro atoms. The second-order valence-corrected chi connectivity index (χ2v) is 6.02. The molecule has 126 valence electrons. The molecule has 1 aliphatic rings. The molecular weight excluding hydrogens is 290 g/mol. The highest BCUT2D eigenvalue weighted by molar-refractivity contribution is 5.77. The first kappa shape index (κ1) is 17.4. The van der Waals surface area contributed by atoms with E-state index < -0.39 is 0 Å². The third kappa shape index (κ3) is 5.02. The standard InChI is InChI=1S/C19H27NO3/c1-4-11-23-17-10-9-16(13-18(17)22-3)14(2)20-19(21)12-15-7-5-6-8-15/h5,7,9-10,13-15H,4,6,8,11-12H2,1-3H3,(H,20,21)/t14-,15+/m1/s1. The minimum absolute atomic E-state index is 0.0537. The van der Waals surface area contributed by atoms with Crippen molar-refractivity contribution in [3.63, 3.8) is 0 Å². The molecule has 1 aliphatic carbocycles. The van der Waals surface area contributed by atoms with E-state index in [-0.39, 0.29) is 11.9 Å². The van der Waals surface area contributed by atoms with Crippen molar-refractivity contribution in [3.05, 3.63) is 35.9 Å². The van der Waals surface area contributed by atoms with Gasteiger partial charge in [0.2, 0.25) is 5.91 Å². The molecule has 0 saturated carbocycles. The Morgan fingerprint density at radius 3 is 2.87 bits per heavy atom. The Kier molecular flexibility index (Phi) is 6.51. The molecule has 1 aromatic carbocycles. The van der Waals surface area contributed by atoms with Crippen molar-refractivity contribution in [2.24, 2.45) is 5.92 Å². The molecular formula is C19H27NO3. The van der Waals surface area contributed by atoms with Crippen molar-refractivity contribution in [2.75, 3.05) is 13.7 Å². The first-order chi connectivity index (χ1) is 11.1. The lowest BCUT2D eigenvalue weighted by Gasteiger charge is -2.18. The van der Waals surface area contributed by atoms with Crippen LogP contribution in [-0.4, -0.2) is 19.6 Å². The zero-order valence-corrected chi connectivity index (χ0v) is 14.3. The second kappa shape index (κ2) is 8.61. The van der Waals surface area contributed by atoms with Gasteiger partial charge in [-0.25, -0.2) is 0 Å². The molecule has 0 aliphatic heterocycles. The molecule has 0 bridgehead atoms. The van der Waals surface area contributed by atoms with E-state index >= 15 is 0 Å². The Balaban J connectivity index is 1.96. The van der Waals surface area contributed by atoms with Gasteiger partial charge in [0.1, 0.15) is 0 Å². The first-order valence-corrected chi connectivity index (χ1v) is 8.40. The van der Waals surface area contributed by atoms with Crippen LogP contribution < -0.4 is 14.8 Å². The van der Waals surface area contributed by atoms with Crippen LogP contribution in [0, 0.1) is 5.92 Å². The molecule has 0 heterocycles. The normalized spacial score (nSPS) is 17.8. The number of carbonyl (C=O) groups excluding carboxylic acids is 1. The maximum Gasteiger partial charge on any atom is 0.221 e. The Morgan fingerprint density at radius 1 is 1.39 bits per heavy atom. The largest absolute Gasteiger partial charge is 0.493 e. The fraction of sp³-hybridized carbons (Fsp3) is 0.526. The molecule has 4 nitrogen and oxygen atoms in total. The van der Waals surface area contributed by atoms with Gasteiger partial charge in [-0.2, -0.15) is 0 Å². The molecule has 0 saturated heterocycles. The number of methoxy groups -OCH3 is 1. The molecule has 1 aromatic rings. The summed E-state index contributed by atoms with van der Waals surface area (Å²) in [5.74, 6) is 1.93. The number of nitrogens with one attached hydrogen (secondary N) is 1. The minimum atomic E-state index is -0.0537. The molecule has 0 aromatic heterocycles. The Morgan fingerprint density at radius 2 is 2.22 bits per heavy atom. The molecule has 0 fully saturated rings. The molecule has 1 N–H and O–H groups in total. The highest BCUT2D eigenvalue weighted by Crippen LogP contribution is 2.30. The van der Waals surface area contributed by atoms with E-state index in [1.54, 1.807) is 7.11 Å². The summed E-state index contributed by atoms with van der Waals surface area (Å²) in [5, 5.41) is 3.07. The van der Waals surface area contributed by atoms with E-state index in [0.29, 0.717) is 24.7 Å². The molecule has 1 amide bonds.